The number of nitrogens with one attached hydrogen (secondary N) is 1. The van der Waals surface area contributed by atoms with Gasteiger partial charge in [-0.3, -0.25) is 4.79 Å². The van der Waals surface area contributed by atoms with Crippen molar-refractivity contribution in [3.8, 4) is 0 Å². The molecule has 0 aliphatic heterocycles. The molecule has 0 aliphatic carbocycles. The Hall–Kier alpha value is -1.84. The van der Waals surface area contributed by atoms with Gasteiger partial charge < -0.3 is 10.1 Å². The van der Waals surface area contributed by atoms with Crippen molar-refractivity contribution >= 4 is 17.5 Å². The summed E-state index contributed by atoms with van der Waals surface area (Å²) in [5.74, 6) is -0.126. The van der Waals surface area contributed by atoms with Crippen LogP contribution in [0.1, 0.15) is 31.0 Å². The molecule has 1 N–H and O–H groups in total. The Labute approximate surface area is 136 Å². The monoisotopic (exact) mass is 317 g/mol. The van der Waals surface area contributed by atoms with E-state index in [0.717, 1.165) is 11.1 Å². The van der Waals surface area contributed by atoms with Crippen LogP contribution in [0.5, 0.6) is 0 Å². The van der Waals surface area contributed by atoms with E-state index in [1.807, 2.05) is 61.5 Å². The fourth-order valence-corrected chi connectivity index (χ4v) is 2.16. The van der Waals surface area contributed by atoms with Crippen LogP contribution >= 0.6 is 11.6 Å². The largest absolute Gasteiger partial charge is 0.364 e. The molecule has 2 aromatic carbocycles. The number of ether oxygens (including phenoxy) is 1. The van der Waals surface area contributed by atoms with E-state index < -0.39 is 6.10 Å². The molecule has 22 heavy (non-hydrogen) atoms. The van der Waals surface area contributed by atoms with Gasteiger partial charge in [-0.05, 0) is 37.1 Å². The zero-order valence-corrected chi connectivity index (χ0v) is 13.5. The fraction of sp³-hybridized carbons (Fsp3) is 0.278. The number of carbonyl (C=O) groups excluding carboxylic acids is 1. The first-order valence-corrected chi connectivity index (χ1v) is 7.65. The number of hydrogen-bond acceptors (Lipinski definition) is 2. The van der Waals surface area contributed by atoms with E-state index in [-0.39, 0.29) is 11.9 Å². The summed E-state index contributed by atoms with van der Waals surface area (Å²) < 4.78 is 5.61. The summed E-state index contributed by atoms with van der Waals surface area (Å²) in [4.78, 5) is 12.2. The minimum Gasteiger partial charge on any atom is -0.364 e. The molecule has 3 nitrogen and oxygen atoms in total. The molecule has 0 aliphatic rings. The molecule has 0 aromatic heterocycles. The third-order valence-corrected chi connectivity index (χ3v) is 3.69. The first-order chi connectivity index (χ1) is 10.6. The van der Waals surface area contributed by atoms with Gasteiger partial charge in [-0.2, -0.15) is 0 Å². The van der Waals surface area contributed by atoms with E-state index in [1.54, 1.807) is 6.92 Å². The summed E-state index contributed by atoms with van der Waals surface area (Å²) in [5, 5.41) is 3.63. The Morgan fingerprint density at radius 2 is 1.73 bits per heavy atom. The van der Waals surface area contributed by atoms with E-state index in [4.69, 9.17) is 16.3 Å². The van der Waals surface area contributed by atoms with Crippen molar-refractivity contribution in [1.82, 2.24) is 5.32 Å². The summed E-state index contributed by atoms with van der Waals surface area (Å²) >= 11 is 5.86. The first kappa shape index (κ1) is 16.5. The Bertz CT molecular complexity index is 598. The molecule has 0 heterocycles. The molecule has 0 saturated carbocycles. The second-order valence-corrected chi connectivity index (χ2v) is 5.66. The van der Waals surface area contributed by atoms with E-state index in [0.29, 0.717) is 11.6 Å². The Morgan fingerprint density at radius 3 is 2.36 bits per heavy atom. The predicted octanol–water partition coefficient (Wildman–Crippen LogP) is 4.12. The maximum Gasteiger partial charge on any atom is 0.249 e. The number of carbonyl (C=O) groups is 1. The summed E-state index contributed by atoms with van der Waals surface area (Å²) in [6, 6.07) is 17.1. The second kappa shape index (κ2) is 7.97. The van der Waals surface area contributed by atoms with Crippen LogP contribution in [0.15, 0.2) is 54.6 Å². The average Bonchev–Trinajstić information content (AvgIpc) is 2.54. The van der Waals surface area contributed by atoms with Crippen LogP contribution in [0, 0.1) is 0 Å². The molecule has 2 aromatic rings. The van der Waals surface area contributed by atoms with Crippen molar-refractivity contribution in [3.05, 3.63) is 70.7 Å². The van der Waals surface area contributed by atoms with Gasteiger partial charge in [0.25, 0.3) is 0 Å². The van der Waals surface area contributed by atoms with Gasteiger partial charge in [-0.1, -0.05) is 54.1 Å². The highest BCUT2D eigenvalue weighted by atomic mass is 35.5. The van der Waals surface area contributed by atoms with Gasteiger partial charge in [-0.15, -0.1) is 0 Å². The van der Waals surface area contributed by atoms with Gasteiger partial charge >= 0.3 is 0 Å². The highest BCUT2D eigenvalue weighted by Crippen LogP contribution is 2.16. The lowest BCUT2D eigenvalue weighted by molar-refractivity contribution is -0.133. The van der Waals surface area contributed by atoms with E-state index in [2.05, 4.69) is 5.32 Å². The lowest BCUT2D eigenvalue weighted by Gasteiger charge is -2.18. The van der Waals surface area contributed by atoms with Crippen LogP contribution in [-0.2, 0) is 16.1 Å². The number of benzene rings is 2. The molecule has 0 fully saturated rings. The van der Waals surface area contributed by atoms with Gasteiger partial charge in [0, 0.05) is 5.02 Å². The molecule has 0 bridgehead atoms. The Kier molecular flexibility index (Phi) is 5.99. The van der Waals surface area contributed by atoms with Gasteiger partial charge in [0.05, 0.1) is 12.6 Å². The van der Waals surface area contributed by atoms with Crippen molar-refractivity contribution in [2.45, 2.75) is 32.6 Å². The average molecular weight is 318 g/mol. The molecule has 116 valence electrons. The summed E-state index contributed by atoms with van der Waals surface area (Å²) in [5.41, 5.74) is 2.06. The van der Waals surface area contributed by atoms with Crippen LogP contribution in [-0.4, -0.2) is 12.0 Å². The normalized spacial score (nSPS) is 13.4. The molecule has 4 heteroatoms. The molecule has 1 amide bonds. The number of hydrogen-bond donors (Lipinski definition) is 1. The van der Waals surface area contributed by atoms with Crippen LogP contribution in [0.3, 0.4) is 0 Å². The molecular formula is C18H20ClNO2. The van der Waals surface area contributed by atoms with Crippen LogP contribution in [0.4, 0.5) is 0 Å². The van der Waals surface area contributed by atoms with E-state index in [9.17, 15) is 4.79 Å². The zero-order chi connectivity index (χ0) is 15.9. The molecule has 0 radical (unpaired) electrons. The van der Waals surface area contributed by atoms with Crippen molar-refractivity contribution in [1.29, 1.82) is 0 Å². The minimum atomic E-state index is -0.505. The quantitative estimate of drug-likeness (QED) is 0.870. The fourth-order valence-electron chi connectivity index (χ4n) is 2.04. The third kappa shape index (κ3) is 4.86. The maximum absolute atomic E-state index is 12.2. The summed E-state index contributed by atoms with van der Waals surface area (Å²) in [6.45, 7) is 4.11. The van der Waals surface area contributed by atoms with Gasteiger partial charge in [-0.25, -0.2) is 0 Å². The van der Waals surface area contributed by atoms with Crippen LogP contribution in [0.25, 0.3) is 0 Å². The number of amides is 1. The van der Waals surface area contributed by atoms with Crippen LogP contribution < -0.4 is 5.32 Å². The highest BCUT2D eigenvalue weighted by molar-refractivity contribution is 6.30. The first-order valence-electron chi connectivity index (χ1n) is 7.27. The lowest BCUT2D eigenvalue weighted by Crippen LogP contribution is -2.36. The molecule has 0 unspecified atom stereocenters. The standard InChI is InChI=1S/C18H20ClNO2/c1-13(16-8-10-17(19)11-9-16)20-18(21)14(2)22-12-15-6-4-3-5-7-15/h3-11,13-14H,12H2,1-2H3,(H,20,21)/t13-,14-/m1/s1. The minimum absolute atomic E-state index is 0.0902. The third-order valence-electron chi connectivity index (χ3n) is 3.44. The van der Waals surface area contributed by atoms with Crippen molar-refractivity contribution in [3.63, 3.8) is 0 Å². The van der Waals surface area contributed by atoms with Gasteiger partial charge in [0.1, 0.15) is 6.10 Å². The molecular weight excluding hydrogens is 298 g/mol. The SMILES string of the molecule is C[C@@H](OCc1ccccc1)C(=O)N[C@H](C)c1ccc(Cl)cc1. The summed E-state index contributed by atoms with van der Waals surface area (Å²) in [7, 11) is 0. The van der Waals surface area contributed by atoms with Crippen molar-refractivity contribution in [2.24, 2.45) is 0 Å². The van der Waals surface area contributed by atoms with Crippen molar-refractivity contribution < 1.29 is 9.53 Å². The van der Waals surface area contributed by atoms with E-state index >= 15 is 0 Å². The Balaban J connectivity index is 1.84. The van der Waals surface area contributed by atoms with Gasteiger partial charge in [0.15, 0.2) is 0 Å². The molecule has 0 saturated heterocycles. The predicted molar refractivity (Wildman–Crippen MR) is 88.7 cm³/mol. The zero-order valence-electron chi connectivity index (χ0n) is 12.8. The highest BCUT2D eigenvalue weighted by Gasteiger charge is 2.16. The smallest absolute Gasteiger partial charge is 0.249 e. The maximum atomic E-state index is 12.2. The van der Waals surface area contributed by atoms with Gasteiger partial charge in [0.2, 0.25) is 5.91 Å². The lowest BCUT2D eigenvalue weighted by atomic mass is 10.1. The molecule has 2 atom stereocenters. The van der Waals surface area contributed by atoms with Crippen LogP contribution in [0.2, 0.25) is 5.02 Å². The number of halogens is 1. The van der Waals surface area contributed by atoms with E-state index in [1.165, 1.54) is 0 Å². The second-order valence-electron chi connectivity index (χ2n) is 5.22. The topological polar surface area (TPSA) is 38.3 Å². The molecule has 0 spiro atoms. The number of rotatable bonds is 6. The molecule has 2 rings (SSSR count). The summed E-state index contributed by atoms with van der Waals surface area (Å²) in [6.07, 6.45) is -0.505. The Morgan fingerprint density at radius 1 is 1.09 bits per heavy atom. The van der Waals surface area contributed by atoms with Crippen molar-refractivity contribution in [2.75, 3.05) is 0 Å².